The van der Waals surface area contributed by atoms with Gasteiger partial charge in [0.25, 0.3) is 0 Å². The van der Waals surface area contributed by atoms with Gasteiger partial charge in [0.15, 0.2) is 9.84 Å². The average molecular weight is 262 g/mol. The maximum atomic E-state index is 11.3. The normalized spacial score (nSPS) is 11.4. The Morgan fingerprint density at radius 1 is 1.38 bits per heavy atom. The van der Waals surface area contributed by atoms with Gasteiger partial charge in [-0.05, 0) is 24.6 Å². The van der Waals surface area contributed by atoms with Gasteiger partial charge < -0.3 is 5.32 Å². The molecule has 1 N–H and O–H groups in total. The number of anilines is 1. The molecule has 0 bridgehead atoms. The fourth-order valence-corrected chi connectivity index (χ4v) is 2.16. The Kier molecular flexibility index (Phi) is 4.62. The molecule has 0 fully saturated rings. The van der Waals surface area contributed by atoms with E-state index in [9.17, 15) is 8.42 Å². The van der Waals surface area contributed by atoms with Crippen molar-refractivity contribution in [3.8, 4) is 0 Å². The fraction of sp³-hybridized carbons (Fsp3) is 0.455. The molecule has 0 aliphatic carbocycles. The van der Waals surface area contributed by atoms with E-state index in [4.69, 9.17) is 11.6 Å². The van der Waals surface area contributed by atoms with Crippen LogP contribution in [0.4, 0.5) is 5.69 Å². The SMILES string of the molecule is CCS(=O)(=O)CCNc1cccc(Cl)c1C. The van der Waals surface area contributed by atoms with Gasteiger partial charge in [-0.15, -0.1) is 0 Å². The molecule has 0 saturated carbocycles. The molecule has 0 unspecified atom stereocenters. The van der Waals surface area contributed by atoms with Gasteiger partial charge in [0.05, 0.1) is 5.75 Å². The van der Waals surface area contributed by atoms with E-state index in [1.54, 1.807) is 6.92 Å². The zero-order chi connectivity index (χ0) is 12.2. The molecule has 90 valence electrons. The summed E-state index contributed by atoms with van der Waals surface area (Å²) in [6.45, 7) is 3.97. The summed E-state index contributed by atoms with van der Waals surface area (Å²) < 4.78 is 22.6. The third-order valence-corrected chi connectivity index (χ3v) is 4.55. The molecule has 1 rings (SSSR count). The first kappa shape index (κ1) is 13.3. The van der Waals surface area contributed by atoms with Crippen LogP contribution >= 0.6 is 11.6 Å². The first-order valence-electron chi connectivity index (χ1n) is 5.15. The van der Waals surface area contributed by atoms with Crippen LogP contribution in [-0.2, 0) is 9.84 Å². The highest BCUT2D eigenvalue weighted by atomic mass is 35.5. The standard InChI is InChI=1S/C11H16ClNO2S/c1-3-16(14,15)8-7-13-11-6-4-5-10(12)9(11)2/h4-6,13H,3,7-8H2,1-2H3. The van der Waals surface area contributed by atoms with Crippen molar-refractivity contribution in [3.63, 3.8) is 0 Å². The Bertz CT molecular complexity index is 457. The van der Waals surface area contributed by atoms with Gasteiger partial charge in [-0.3, -0.25) is 0 Å². The quantitative estimate of drug-likeness (QED) is 0.886. The summed E-state index contributed by atoms with van der Waals surface area (Å²) in [6, 6.07) is 5.54. The van der Waals surface area contributed by atoms with Gasteiger partial charge in [-0.2, -0.15) is 0 Å². The average Bonchev–Trinajstić information content (AvgIpc) is 2.24. The van der Waals surface area contributed by atoms with Gasteiger partial charge in [-0.1, -0.05) is 24.6 Å². The summed E-state index contributed by atoms with van der Waals surface area (Å²) in [5, 5.41) is 3.76. The maximum absolute atomic E-state index is 11.3. The number of hydrogen-bond donors (Lipinski definition) is 1. The summed E-state index contributed by atoms with van der Waals surface area (Å²) in [5.41, 5.74) is 1.83. The van der Waals surface area contributed by atoms with Crippen LogP contribution in [0, 0.1) is 6.92 Å². The van der Waals surface area contributed by atoms with Crippen molar-refractivity contribution >= 4 is 27.1 Å². The van der Waals surface area contributed by atoms with Crippen molar-refractivity contribution in [2.75, 3.05) is 23.4 Å². The number of rotatable bonds is 5. The lowest BCUT2D eigenvalue weighted by Crippen LogP contribution is -2.17. The molecule has 3 nitrogen and oxygen atoms in total. The van der Waals surface area contributed by atoms with Crippen LogP contribution in [0.3, 0.4) is 0 Å². The van der Waals surface area contributed by atoms with Gasteiger partial charge in [-0.25, -0.2) is 8.42 Å². The van der Waals surface area contributed by atoms with E-state index in [0.717, 1.165) is 11.3 Å². The maximum Gasteiger partial charge on any atom is 0.151 e. The number of nitrogens with one attached hydrogen (secondary N) is 1. The number of hydrogen-bond acceptors (Lipinski definition) is 3. The van der Waals surface area contributed by atoms with E-state index in [2.05, 4.69) is 5.32 Å². The van der Waals surface area contributed by atoms with Crippen molar-refractivity contribution < 1.29 is 8.42 Å². The second-order valence-electron chi connectivity index (χ2n) is 3.58. The van der Waals surface area contributed by atoms with Gasteiger partial charge in [0.2, 0.25) is 0 Å². The van der Waals surface area contributed by atoms with E-state index in [1.807, 2.05) is 25.1 Å². The van der Waals surface area contributed by atoms with Gasteiger partial charge >= 0.3 is 0 Å². The molecule has 0 aliphatic rings. The van der Waals surface area contributed by atoms with Crippen molar-refractivity contribution in [3.05, 3.63) is 28.8 Å². The van der Waals surface area contributed by atoms with Crippen molar-refractivity contribution in [2.24, 2.45) is 0 Å². The van der Waals surface area contributed by atoms with Crippen molar-refractivity contribution in [2.45, 2.75) is 13.8 Å². The fourth-order valence-electron chi connectivity index (χ4n) is 1.28. The summed E-state index contributed by atoms with van der Waals surface area (Å²) in [6.07, 6.45) is 0. The van der Waals surface area contributed by atoms with Gasteiger partial charge in [0, 0.05) is 23.0 Å². The molecule has 0 amide bonds. The zero-order valence-corrected chi connectivity index (χ0v) is 11.0. The lowest BCUT2D eigenvalue weighted by Gasteiger charge is -2.10. The van der Waals surface area contributed by atoms with Crippen molar-refractivity contribution in [1.82, 2.24) is 0 Å². The third kappa shape index (κ3) is 3.68. The Morgan fingerprint density at radius 3 is 2.69 bits per heavy atom. The van der Waals surface area contributed by atoms with Crippen LogP contribution < -0.4 is 5.32 Å². The minimum absolute atomic E-state index is 0.148. The van der Waals surface area contributed by atoms with Crippen LogP contribution in [0.5, 0.6) is 0 Å². The number of halogens is 1. The molecular formula is C11H16ClNO2S. The second kappa shape index (κ2) is 5.55. The minimum Gasteiger partial charge on any atom is -0.384 e. The van der Waals surface area contributed by atoms with E-state index >= 15 is 0 Å². The van der Waals surface area contributed by atoms with E-state index in [1.165, 1.54) is 0 Å². The molecule has 0 saturated heterocycles. The lowest BCUT2D eigenvalue weighted by molar-refractivity contribution is 0.597. The van der Waals surface area contributed by atoms with Crippen LogP contribution in [0.25, 0.3) is 0 Å². The van der Waals surface area contributed by atoms with Crippen LogP contribution in [0.15, 0.2) is 18.2 Å². The molecule has 1 aromatic carbocycles. The Hall–Kier alpha value is -0.740. The van der Waals surface area contributed by atoms with E-state index in [-0.39, 0.29) is 11.5 Å². The topological polar surface area (TPSA) is 46.2 Å². The van der Waals surface area contributed by atoms with E-state index in [0.29, 0.717) is 11.6 Å². The molecule has 0 aromatic heterocycles. The van der Waals surface area contributed by atoms with Crippen LogP contribution in [-0.4, -0.2) is 26.5 Å². The summed E-state index contributed by atoms with van der Waals surface area (Å²) >= 11 is 5.95. The second-order valence-corrected chi connectivity index (χ2v) is 6.46. The molecular weight excluding hydrogens is 246 g/mol. The Balaban J connectivity index is 2.59. The Labute approximate surface area is 102 Å². The highest BCUT2D eigenvalue weighted by molar-refractivity contribution is 7.91. The molecule has 0 radical (unpaired) electrons. The van der Waals surface area contributed by atoms with E-state index < -0.39 is 9.84 Å². The highest BCUT2D eigenvalue weighted by Crippen LogP contribution is 2.22. The molecule has 0 heterocycles. The highest BCUT2D eigenvalue weighted by Gasteiger charge is 2.07. The number of sulfone groups is 1. The third-order valence-electron chi connectivity index (χ3n) is 2.44. The number of benzene rings is 1. The molecule has 0 atom stereocenters. The Morgan fingerprint density at radius 2 is 2.06 bits per heavy atom. The van der Waals surface area contributed by atoms with Crippen LogP contribution in [0.1, 0.15) is 12.5 Å². The summed E-state index contributed by atoms with van der Waals surface area (Å²) in [7, 11) is -2.91. The zero-order valence-electron chi connectivity index (χ0n) is 9.46. The first-order chi connectivity index (χ1) is 7.46. The van der Waals surface area contributed by atoms with Crippen LogP contribution in [0.2, 0.25) is 5.02 Å². The van der Waals surface area contributed by atoms with Gasteiger partial charge in [0.1, 0.15) is 0 Å². The predicted octanol–water partition coefficient (Wildman–Crippen LogP) is 2.50. The summed E-state index contributed by atoms with van der Waals surface area (Å²) in [5.74, 6) is 0.332. The minimum atomic E-state index is -2.91. The molecule has 16 heavy (non-hydrogen) atoms. The van der Waals surface area contributed by atoms with Crippen molar-refractivity contribution in [1.29, 1.82) is 0 Å². The molecule has 1 aromatic rings. The first-order valence-corrected chi connectivity index (χ1v) is 7.35. The smallest absolute Gasteiger partial charge is 0.151 e. The lowest BCUT2D eigenvalue weighted by atomic mass is 10.2. The molecule has 0 aliphatic heterocycles. The molecule has 0 spiro atoms. The monoisotopic (exact) mass is 261 g/mol. The predicted molar refractivity (Wildman–Crippen MR) is 69.0 cm³/mol. The largest absolute Gasteiger partial charge is 0.384 e. The summed E-state index contributed by atoms with van der Waals surface area (Å²) in [4.78, 5) is 0. The molecule has 5 heteroatoms.